The summed E-state index contributed by atoms with van der Waals surface area (Å²) in [5.74, 6) is -1.07. The Hall–Kier alpha value is -0.900. The molecular weight excluding hydrogens is 362 g/mol. The summed E-state index contributed by atoms with van der Waals surface area (Å²) in [6, 6.07) is 1.46. The van der Waals surface area contributed by atoms with Gasteiger partial charge in [-0.1, -0.05) is 11.6 Å². The smallest absolute Gasteiger partial charge is 0.304 e. The summed E-state index contributed by atoms with van der Waals surface area (Å²) in [5.41, 5.74) is 0.221. The number of pyridine rings is 1. The van der Waals surface area contributed by atoms with Crippen LogP contribution < -0.4 is 4.72 Å². The summed E-state index contributed by atoms with van der Waals surface area (Å²) in [6.07, 6.45) is 0.982. The topological polar surface area (TPSA) is 99.6 Å². The van der Waals surface area contributed by atoms with E-state index in [0.29, 0.717) is 4.47 Å². The van der Waals surface area contributed by atoms with Crippen molar-refractivity contribution in [3.05, 3.63) is 21.9 Å². The third-order valence-electron chi connectivity index (χ3n) is 2.09. The zero-order valence-corrected chi connectivity index (χ0v) is 13.0. The summed E-state index contributed by atoms with van der Waals surface area (Å²) in [7, 11) is -2.54. The second-order valence-corrected chi connectivity index (χ2v) is 6.56. The Bertz CT molecular complexity index is 581. The lowest BCUT2D eigenvalue weighted by Gasteiger charge is -2.17. The number of carboxylic acid groups (broad SMARTS) is 1. The van der Waals surface area contributed by atoms with Crippen molar-refractivity contribution in [1.29, 1.82) is 0 Å². The van der Waals surface area contributed by atoms with Crippen LogP contribution >= 0.6 is 27.5 Å². The minimum atomic E-state index is -3.82. The maximum atomic E-state index is 11.9. The van der Waals surface area contributed by atoms with E-state index in [2.05, 4.69) is 25.6 Å². The van der Waals surface area contributed by atoms with Crippen molar-refractivity contribution < 1.29 is 18.3 Å². The second kappa shape index (κ2) is 6.51. The van der Waals surface area contributed by atoms with Gasteiger partial charge in [-0.3, -0.25) is 9.52 Å². The van der Waals surface area contributed by atoms with Crippen LogP contribution in [0.4, 0.5) is 5.69 Å². The molecule has 1 heterocycles. The molecule has 19 heavy (non-hydrogen) atoms. The van der Waals surface area contributed by atoms with Crippen molar-refractivity contribution in [3.8, 4) is 0 Å². The molecule has 0 aromatic carbocycles. The van der Waals surface area contributed by atoms with Gasteiger partial charge in [-0.05, 0) is 22.0 Å². The highest BCUT2D eigenvalue weighted by Crippen LogP contribution is 2.23. The van der Waals surface area contributed by atoms with Gasteiger partial charge < -0.3 is 5.11 Å². The maximum Gasteiger partial charge on any atom is 0.304 e. The van der Waals surface area contributed by atoms with E-state index >= 15 is 0 Å². The molecule has 1 aromatic heterocycles. The highest BCUT2D eigenvalue weighted by molar-refractivity contribution is 9.10. The van der Waals surface area contributed by atoms with Crippen LogP contribution in [0.25, 0.3) is 0 Å². The first-order valence-electron chi connectivity index (χ1n) is 4.99. The standard InChI is InChI=1S/C9H11BrClN3O4S/c1-14(3-2-8(15)16)19(17,18)13-6-4-7(10)9(11)12-5-6/h4-5,13H,2-3H2,1H3,(H,15,16). The molecule has 106 valence electrons. The summed E-state index contributed by atoms with van der Waals surface area (Å²) < 4.78 is 27.3. The van der Waals surface area contributed by atoms with Crippen LogP contribution in [0.3, 0.4) is 0 Å². The van der Waals surface area contributed by atoms with Crippen molar-refractivity contribution in [2.45, 2.75) is 6.42 Å². The predicted octanol–water partition coefficient (Wildman–Crippen LogP) is 1.56. The van der Waals surface area contributed by atoms with Gasteiger partial charge in [0.1, 0.15) is 5.15 Å². The number of nitrogens with zero attached hydrogens (tertiary/aromatic N) is 2. The normalized spacial score (nSPS) is 11.6. The molecule has 0 saturated heterocycles. The van der Waals surface area contributed by atoms with Gasteiger partial charge in [0.25, 0.3) is 0 Å². The quantitative estimate of drug-likeness (QED) is 0.738. The van der Waals surface area contributed by atoms with E-state index in [9.17, 15) is 13.2 Å². The summed E-state index contributed by atoms with van der Waals surface area (Å²) >= 11 is 8.81. The molecule has 1 rings (SSSR count). The van der Waals surface area contributed by atoms with Gasteiger partial charge >= 0.3 is 16.2 Å². The van der Waals surface area contributed by atoms with E-state index in [1.54, 1.807) is 0 Å². The molecule has 0 aliphatic rings. The number of anilines is 1. The number of hydrogen-bond donors (Lipinski definition) is 2. The molecule has 0 fully saturated rings. The number of nitrogens with one attached hydrogen (secondary N) is 1. The monoisotopic (exact) mass is 371 g/mol. The Morgan fingerprint density at radius 1 is 1.63 bits per heavy atom. The molecule has 7 nitrogen and oxygen atoms in total. The molecule has 0 saturated carbocycles. The van der Waals surface area contributed by atoms with E-state index in [0.717, 1.165) is 4.31 Å². The van der Waals surface area contributed by atoms with Gasteiger partial charge in [0, 0.05) is 13.6 Å². The molecule has 0 radical (unpaired) electrons. The molecule has 1 aromatic rings. The highest BCUT2D eigenvalue weighted by Gasteiger charge is 2.18. The zero-order chi connectivity index (χ0) is 14.6. The summed E-state index contributed by atoms with van der Waals surface area (Å²) in [4.78, 5) is 14.2. The average molecular weight is 373 g/mol. The SMILES string of the molecule is CN(CCC(=O)O)S(=O)(=O)Nc1cnc(Cl)c(Br)c1. The average Bonchev–Trinajstić information content (AvgIpc) is 2.30. The van der Waals surface area contributed by atoms with Crippen molar-refractivity contribution in [2.75, 3.05) is 18.3 Å². The van der Waals surface area contributed by atoms with E-state index in [-0.39, 0.29) is 23.8 Å². The van der Waals surface area contributed by atoms with E-state index in [1.165, 1.54) is 19.3 Å². The number of hydrogen-bond acceptors (Lipinski definition) is 4. The Labute approximate surface area is 123 Å². The van der Waals surface area contributed by atoms with Crippen LogP contribution in [-0.4, -0.2) is 42.4 Å². The molecule has 0 aliphatic carbocycles. The minimum absolute atomic E-state index is 0.132. The lowest BCUT2D eigenvalue weighted by molar-refractivity contribution is -0.137. The van der Waals surface area contributed by atoms with E-state index in [1.807, 2.05) is 0 Å². The number of carboxylic acids is 1. The van der Waals surface area contributed by atoms with E-state index < -0.39 is 16.2 Å². The fourth-order valence-electron chi connectivity index (χ4n) is 1.08. The number of halogens is 2. The number of carbonyl (C=O) groups is 1. The third kappa shape index (κ3) is 4.94. The second-order valence-electron chi connectivity index (χ2n) is 3.57. The first-order chi connectivity index (χ1) is 8.72. The van der Waals surface area contributed by atoms with Crippen LogP contribution in [-0.2, 0) is 15.0 Å². The van der Waals surface area contributed by atoms with Gasteiger partial charge in [0.2, 0.25) is 0 Å². The van der Waals surface area contributed by atoms with Crippen molar-refractivity contribution >= 4 is 49.4 Å². The zero-order valence-electron chi connectivity index (χ0n) is 9.80. The molecule has 2 N–H and O–H groups in total. The Morgan fingerprint density at radius 2 is 2.26 bits per heavy atom. The number of aliphatic carboxylic acids is 1. The lowest BCUT2D eigenvalue weighted by Crippen LogP contribution is -2.34. The van der Waals surface area contributed by atoms with Crippen molar-refractivity contribution in [2.24, 2.45) is 0 Å². The first kappa shape index (κ1) is 16.2. The van der Waals surface area contributed by atoms with Gasteiger partial charge in [-0.25, -0.2) is 4.98 Å². The lowest BCUT2D eigenvalue weighted by atomic mass is 10.4. The predicted molar refractivity (Wildman–Crippen MR) is 74.4 cm³/mol. The molecule has 0 spiro atoms. The van der Waals surface area contributed by atoms with Crippen molar-refractivity contribution in [1.82, 2.24) is 9.29 Å². The highest BCUT2D eigenvalue weighted by atomic mass is 79.9. The van der Waals surface area contributed by atoms with Crippen LogP contribution in [0.1, 0.15) is 6.42 Å². The van der Waals surface area contributed by atoms with Gasteiger partial charge in [-0.2, -0.15) is 12.7 Å². The minimum Gasteiger partial charge on any atom is -0.481 e. The first-order valence-corrected chi connectivity index (χ1v) is 7.60. The summed E-state index contributed by atoms with van der Waals surface area (Å²) in [5, 5.41) is 8.72. The molecule has 0 atom stereocenters. The molecule has 0 aliphatic heterocycles. The fourth-order valence-corrected chi connectivity index (χ4v) is 2.43. The summed E-state index contributed by atoms with van der Waals surface area (Å²) in [6.45, 7) is -0.132. The van der Waals surface area contributed by atoms with Gasteiger partial charge in [0.05, 0.1) is 22.8 Å². The molecule has 0 bridgehead atoms. The third-order valence-corrected chi connectivity index (χ3v) is 4.72. The number of rotatable bonds is 6. The van der Waals surface area contributed by atoms with Gasteiger partial charge in [-0.15, -0.1) is 0 Å². The molecule has 10 heteroatoms. The Balaban J connectivity index is 2.78. The maximum absolute atomic E-state index is 11.9. The fraction of sp³-hybridized carbons (Fsp3) is 0.333. The molecule has 0 amide bonds. The van der Waals surface area contributed by atoms with Crippen LogP contribution in [0.2, 0.25) is 5.15 Å². The van der Waals surface area contributed by atoms with E-state index in [4.69, 9.17) is 16.7 Å². The van der Waals surface area contributed by atoms with Crippen LogP contribution in [0.15, 0.2) is 16.7 Å². The van der Waals surface area contributed by atoms with Crippen LogP contribution in [0, 0.1) is 0 Å². The van der Waals surface area contributed by atoms with Gasteiger partial charge in [0.15, 0.2) is 0 Å². The van der Waals surface area contributed by atoms with Crippen LogP contribution in [0.5, 0.6) is 0 Å². The number of aromatic nitrogens is 1. The molecule has 0 unspecified atom stereocenters. The van der Waals surface area contributed by atoms with Crippen molar-refractivity contribution in [3.63, 3.8) is 0 Å². The molecular formula is C9H11BrClN3O4S. The Morgan fingerprint density at radius 3 is 2.79 bits per heavy atom. The largest absolute Gasteiger partial charge is 0.481 e. The Kier molecular flexibility index (Phi) is 5.53.